The second-order valence-electron chi connectivity index (χ2n) is 6.23. The number of rotatable bonds is 3. The van der Waals surface area contributed by atoms with Gasteiger partial charge in [-0.2, -0.15) is 0 Å². The molecule has 5 nitrogen and oxygen atoms in total. The smallest absolute Gasteiger partial charge is 0.137 e. The number of hydrogen-bond acceptors (Lipinski definition) is 5. The van der Waals surface area contributed by atoms with E-state index in [1.54, 1.807) is 0 Å². The van der Waals surface area contributed by atoms with E-state index in [0.29, 0.717) is 6.04 Å². The fourth-order valence-electron chi connectivity index (χ4n) is 3.61. The molecule has 3 rings (SSSR count). The molecule has 0 aromatic carbocycles. The first kappa shape index (κ1) is 14.6. The molecule has 0 aliphatic carbocycles. The molecular formula is C16H27N5. The average Bonchev–Trinajstić information content (AvgIpc) is 2.50. The van der Waals surface area contributed by atoms with Crippen LogP contribution >= 0.6 is 0 Å². The van der Waals surface area contributed by atoms with Crippen molar-refractivity contribution in [3.8, 4) is 0 Å². The number of aromatic nitrogens is 2. The highest BCUT2D eigenvalue weighted by atomic mass is 15.3. The zero-order chi connectivity index (χ0) is 14.8. The molecule has 1 N–H and O–H groups in total. The van der Waals surface area contributed by atoms with E-state index in [2.05, 4.69) is 33.9 Å². The third kappa shape index (κ3) is 2.98. The third-order valence-corrected chi connectivity index (χ3v) is 4.71. The molecule has 1 aromatic rings. The molecule has 1 unspecified atom stereocenters. The van der Waals surface area contributed by atoms with Crippen LogP contribution in [0.15, 0.2) is 0 Å². The SMILES string of the molecule is CCNc1nc(C)nc(N2CCN3CCCCC3C2)c1C. The van der Waals surface area contributed by atoms with E-state index in [1.807, 2.05) is 6.92 Å². The second-order valence-corrected chi connectivity index (χ2v) is 6.23. The van der Waals surface area contributed by atoms with Gasteiger partial charge in [0.2, 0.25) is 0 Å². The van der Waals surface area contributed by atoms with Crippen LogP contribution in [0.25, 0.3) is 0 Å². The van der Waals surface area contributed by atoms with Crippen molar-refractivity contribution in [1.82, 2.24) is 14.9 Å². The van der Waals surface area contributed by atoms with Gasteiger partial charge >= 0.3 is 0 Å². The summed E-state index contributed by atoms with van der Waals surface area (Å²) < 4.78 is 0. The number of nitrogens with zero attached hydrogens (tertiary/aromatic N) is 4. The molecule has 1 atom stereocenters. The van der Waals surface area contributed by atoms with Crippen LogP contribution in [0, 0.1) is 13.8 Å². The molecule has 0 spiro atoms. The van der Waals surface area contributed by atoms with E-state index in [0.717, 1.165) is 37.1 Å². The zero-order valence-corrected chi connectivity index (χ0v) is 13.5. The predicted octanol–water partition coefficient (Wildman–Crippen LogP) is 2.20. The minimum Gasteiger partial charge on any atom is -0.370 e. The first-order chi connectivity index (χ1) is 10.2. The molecule has 2 aliphatic rings. The van der Waals surface area contributed by atoms with Gasteiger partial charge in [-0.3, -0.25) is 4.90 Å². The first-order valence-electron chi connectivity index (χ1n) is 8.27. The van der Waals surface area contributed by atoms with Gasteiger partial charge < -0.3 is 10.2 Å². The number of aryl methyl sites for hydroxylation is 1. The van der Waals surface area contributed by atoms with E-state index in [9.17, 15) is 0 Å². The Balaban J connectivity index is 1.83. The predicted molar refractivity (Wildman–Crippen MR) is 87.1 cm³/mol. The number of hydrogen-bond donors (Lipinski definition) is 1. The highest BCUT2D eigenvalue weighted by molar-refractivity contribution is 5.59. The fourth-order valence-corrected chi connectivity index (χ4v) is 3.61. The Kier molecular flexibility index (Phi) is 4.29. The fraction of sp³-hybridized carbons (Fsp3) is 0.750. The Morgan fingerprint density at radius 3 is 2.81 bits per heavy atom. The van der Waals surface area contributed by atoms with Gasteiger partial charge in [0, 0.05) is 37.8 Å². The summed E-state index contributed by atoms with van der Waals surface area (Å²) in [6, 6.07) is 0.713. The number of fused-ring (bicyclic) bond motifs is 1. The minimum absolute atomic E-state index is 0.713. The third-order valence-electron chi connectivity index (χ3n) is 4.71. The standard InChI is InChI=1S/C16H27N5/c1-4-17-15-12(2)16(19-13(3)18-15)21-10-9-20-8-6-5-7-14(20)11-21/h14H,4-11H2,1-3H3,(H,17,18,19). The van der Waals surface area contributed by atoms with Crippen molar-refractivity contribution in [2.24, 2.45) is 0 Å². The van der Waals surface area contributed by atoms with Crippen molar-refractivity contribution in [1.29, 1.82) is 0 Å². The van der Waals surface area contributed by atoms with Gasteiger partial charge in [0.05, 0.1) is 0 Å². The number of piperazine rings is 1. The van der Waals surface area contributed by atoms with Crippen LogP contribution in [0.4, 0.5) is 11.6 Å². The maximum atomic E-state index is 4.73. The summed E-state index contributed by atoms with van der Waals surface area (Å²) in [6.45, 7) is 11.8. The van der Waals surface area contributed by atoms with E-state index < -0.39 is 0 Å². The van der Waals surface area contributed by atoms with Crippen molar-refractivity contribution in [2.75, 3.05) is 42.9 Å². The Hall–Kier alpha value is -1.36. The Morgan fingerprint density at radius 1 is 1.14 bits per heavy atom. The minimum atomic E-state index is 0.713. The van der Waals surface area contributed by atoms with Crippen LogP contribution in [0.3, 0.4) is 0 Å². The summed E-state index contributed by atoms with van der Waals surface area (Å²) in [5, 5.41) is 3.36. The van der Waals surface area contributed by atoms with Gasteiger partial charge in [-0.15, -0.1) is 0 Å². The summed E-state index contributed by atoms with van der Waals surface area (Å²) in [7, 11) is 0. The van der Waals surface area contributed by atoms with Crippen molar-refractivity contribution < 1.29 is 0 Å². The summed E-state index contributed by atoms with van der Waals surface area (Å²) in [6.07, 6.45) is 4.08. The highest BCUT2D eigenvalue weighted by Crippen LogP contribution is 2.28. The summed E-state index contributed by atoms with van der Waals surface area (Å²) in [4.78, 5) is 14.4. The summed E-state index contributed by atoms with van der Waals surface area (Å²) in [5.74, 6) is 2.98. The van der Waals surface area contributed by atoms with Crippen molar-refractivity contribution in [3.05, 3.63) is 11.4 Å². The van der Waals surface area contributed by atoms with Gasteiger partial charge in [-0.1, -0.05) is 6.42 Å². The maximum Gasteiger partial charge on any atom is 0.137 e. The maximum absolute atomic E-state index is 4.73. The normalized spacial score (nSPS) is 23.0. The van der Waals surface area contributed by atoms with Crippen LogP contribution in [0.1, 0.15) is 37.6 Å². The second kappa shape index (κ2) is 6.18. The van der Waals surface area contributed by atoms with E-state index in [4.69, 9.17) is 4.98 Å². The van der Waals surface area contributed by atoms with Gasteiger partial charge in [0.1, 0.15) is 17.5 Å². The zero-order valence-electron chi connectivity index (χ0n) is 13.5. The lowest BCUT2D eigenvalue weighted by Gasteiger charge is -2.44. The molecule has 0 amide bonds. The average molecular weight is 289 g/mol. The molecule has 21 heavy (non-hydrogen) atoms. The van der Waals surface area contributed by atoms with Gasteiger partial charge in [0.25, 0.3) is 0 Å². The topological polar surface area (TPSA) is 44.3 Å². The summed E-state index contributed by atoms with van der Waals surface area (Å²) in [5.41, 5.74) is 1.19. The molecule has 3 heterocycles. The summed E-state index contributed by atoms with van der Waals surface area (Å²) >= 11 is 0. The Labute approximate surface area is 127 Å². The van der Waals surface area contributed by atoms with Gasteiger partial charge in [-0.05, 0) is 40.2 Å². The lowest BCUT2D eigenvalue weighted by molar-refractivity contribution is 0.133. The van der Waals surface area contributed by atoms with Gasteiger partial charge in [-0.25, -0.2) is 9.97 Å². The molecule has 0 radical (unpaired) electrons. The molecule has 116 valence electrons. The molecule has 0 saturated carbocycles. The van der Waals surface area contributed by atoms with Crippen molar-refractivity contribution in [3.63, 3.8) is 0 Å². The van der Waals surface area contributed by atoms with Crippen LogP contribution in [-0.4, -0.2) is 53.6 Å². The van der Waals surface area contributed by atoms with Crippen LogP contribution < -0.4 is 10.2 Å². The number of anilines is 2. The van der Waals surface area contributed by atoms with E-state index in [-0.39, 0.29) is 0 Å². The van der Waals surface area contributed by atoms with Crippen LogP contribution in [0.5, 0.6) is 0 Å². The van der Waals surface area contributed by atoms with Crippen LogP contribution in [0.2, 0.25) is 0 Å². The molecular weight excluding hydrogens is 262 g/mol. The number of piperidine rings is 1. The van der Waals surface area contributed by atoms with E-state index in [1.165, 1.54) is 37.9 Å². The Morgan fingerprint density at radius 2 is 2.00 bits per heavy atom. The monoisotopic (exact) mass is 289 g/mol. The lowest BCUT2D eigenvalue weighted by atomic mass is 9.99. The van der Waals surface area contributed by atoms with Crippen LogP contribution in [-0.2, 0) is 0 Å². The Bertz CT molecular complexity index is 502. The molecule has 2 saturated heterocycles. The first-order valence-corrected chi connectivity index (χ1v) is 8.27. The largest absolute Gasteiger partial charge is 0.370 e. The van der Waals surface area contributed by atoms with Crippen molar-refractivity contribution >= 4 is 11.6 Å². The highest BCUT2D eigenvalue weighted by Gasteiger charge is 2.30. The molecule has 5 heteroatoms. The van der Waals surface area contributed by atoms with Gasteiger partial charge in [0.15, 0.2) is 0 Å². The molecule has 0 bridgehead atoms. The quantitative estimate of drug-likeness (QED) is 0.924. The number of nitrogens with one attached hydrogen (secondary N) is 1. The molecule has 2 aliphatic heterocycles. The lowest BCUT2D eigenvalue weighted by Crippen LogP contribution is -2.55. The molecule has 1 aromatic heterocycles. The molecule has 2 fully saturated rings. The van der Waals surface area contributed by atoms with E-state index >= 15 is 0 Å². The van der Waals surface area contributed by atoms with Crippen molar-refractivity contribution in [2.45, 2.75) is 46.1 Å².